The van der Waals surface area contributed by atoms with Crippen molar-refractivity contribution in [2.24, 2.45) is 0 Å². The first-order chi connectivity index (χ1) is 6.28. The Morgan fingerprint density at radius 3 is 2.69 bits per heavy atom. The van der Waals surface area contributed by atoms with Gasteiger partial charge in [-0.15, -0.1) is 11.8 Å². The average molecular weight is 199 g/mol. The lowest BCUT2D eigenvalue weighted by Crippen LogP contribution is -2.49. The first-order valence-corrected chi connectivity index (χ1v) is 6.35. The highest BCUT2D eigenvalue weighted by Gasteiger charge is 2.43. The third-order valence-electron chi connectivity index (χ3n) is 3.34. The molecule has 2 bridgehead atoms. The fraction of sp³-hybridized carbons (Fsp3) is 0.900. The van der Waals surface area contributed by atoms with Gasteiger partial charge in [0.05, 0.1) is 4.75 Å². The summed E-state index contributed by atoms with van der Waals surface area (Å²) in [6, 6.07) is 0. The lowest BCUT2D eigenvalue weighted by molar-refractivity contribution is -0.135. The summed E-state index contributed by atoms with van der Waals surface area (Å²) in [4.78, 5) is 14.2. The molecule has 0 aliphatic carbocycles. The molecular formula is C10H17NOS. The second-order valence-electron chi connectivity index (χ2n) is 4.05. The SMILES string of the molecule is CS[C@@]12CCCCN(CCC1)C2=O. The summed E-state index contributed by atoms with van der Waals surface area (Å²) in [5.74, 6) is 0.420. The molecule has 2 fully saturated rings. The van der Waals surface area contributed by atoms with Crippen molar-refractivity contribution in [3.63, 3.8) is 0 Å². The molecule has 2 aliphatic heterocycles. The van der Waals surface area contributed by atoms with Crippen LogP contribution in [-0.2, 0) is 4.79 Å². The van der Waals surface area contributed by atoms with E-state index in [4.69, 9.17) is 0 Å². The van der Waals surface area contributed by atoms with Gasteiger partial charge in [0.2, 0.25) is 5.91 Å². The number of fused-ring (bicyclic) bond motifs is 2. The van der Waals surface area contributed by atoms with Crippen LogP contribution in [0.3, 0.4) is 0 Å². The lowest BCUT2D eigenvalue weighted by Gasteiger charge is -2.38. The number of rotatable bonds is 1. The van der Waals surface area contributed by atoms with E-state index in [0.29, 0.717) is 5.91 Å². The van der Waals surface area contributed by atoms with Gasteiger partial charge in [0, 0.05) is 13.1 Å². The van der Waals surface area contributed by atoms with Crippen LogP contribution in [0.4, 0.5) is 0 Å². The van der Waals surface area contributed by atoms with Crippen molar-refractivity contribution in [2.45, 2.75) is 36.9 Å². The summed E-state index contributed by atoms with van der Waals surface area (Å²) >= 11 is 1.78. The number of nitrogens with zero attached hydrogens (tertiary/aromatic N) is 1. The Kier molecular flexibility index (Phi) is 2.54. The largest absolute Gasteiger partial charge is 0.341 e. The minimum atomic E-state index is -0.0330. The minimum Gasteiger partial charge on any atom is -0.341 e. The van der Waals surface area contributed by atoms with E-state index >= 15 is 0 Å². The number of piperidine rings is 1. The van der Waals surface area contributed by atoms with Crippen molar-refractivity contribution in [3.05, 3.63) is 0 Å². The van der Waals surface area contributed by atoms with E-state index in [1.165, 1.54) is 19.3 Å². The number of hydrogen-bond donors (Lipinski definition) is 0. The van der Waals surface area contributed by atoms with Crippen LogP contribution in [0, 0.1) is 0 Å². The zero-order valence-corrected chi connectivity index (χ0v) is 9.03. The van der Waals surface area contributed by atoms with E-state index < -0.39 is 0 Å². The van der Waals surface area contributed by atoms with Crippen molar-refractivity contribution in [3.8, 4) is 0 Å². The number of amides is 1. The first kappa shape index (κ1) is 9.38. The Morgan fingerprint density at radius 1 is 1.23 bits per heavy atom. The molecule has 0 aromatic rings. The van der Waals surface area contributed by atoms with Gasteiger partial charge < -0.3 is 4.90 Å². The number of hydrogen-bond acceptors (Lipinski definition) is 2. The summed E-state index contributed by atoms with van der Waals surface area (Å²) in [5.41, 5.74) is 0. The molecule has 2 aliphatic rings. The van der Waals surface area contributed by atoms with E-state index in [1.807, 2.05) is 0 Å². The number of carbonyl (C=O) groups is 1. The van der Waals surface area contributed by atoms with Crippen molar-refractivity contribution < 1.29 is 4.79 Å². The lowest BCUT2D eigenvalue weighted by atomic mass is 9.93. The quantitative estimate of drug-likeness (QED) is 0.643. The maximum Gasteiger partial charge on any atom is 0.238 e. The molecule has 0 aromatic heterocycles. The number of thioether (sulfide) groups is 1. The van der Waals surface area contributed by atoms with Crippen molar-refractivity contribution in [2.75, 3.05) is 19.3 Å². The van der Waals surface area contributed by atoms with Crippen LogP contribution in [0.1, 0.15) is 32.1 Å². The van der Waals surface area contributed by atoms with Crippen LogP contribution < -0.4 is 0 Å². The van der Waals surface area contributed by atoms with E-state index in [1.54, 1.807) is 11.8 Å². The second kappa shape index (κ2) is 3.52. The van der Waals surface area contributed by atoms with Gasteiger partial charge >= 0.3 is 0 Å². The van der Waals surface area contributed by atoms with Crippen molar-refractivity contribution in [1.82, 2.24) is 4.90 Å². The molecule has 2 saturated heterocycles. The second-order valence-corrected chi connectivity index (χ2v) is 5.24. The highest BCUT2D eigenvalue weighted by Crippen LogP contribution is 2.40. The van der Waals surface area contributed by atoms with E-state index in [-0.39, 0.29) is 4.75 Å². The van der Waals surface area contributed by atoms with Crippen molar-refractivity contribution in [1.29, 1.82) is 0 Å². The highest BCUT2D eigenvalue weighted by atomic mass is 32.2. The molecule has 0 spiro atoms. The molecule has 1 atom stereocenters. The van der Waals surface area contributed by atoms with Gasteiger partial charge in [-0.1, -0.05) is 0 Å². The maximum atomic E-state index is 12.1. The van der Waals surface area contributed by atoms with Gasteiger partial charge in [0.25, 0.3) is 0 Å². The molecule has 13 heavy (non-hydrogen) atoms. The third-order valence-corrected chi connectivity index (χ3v) is 4.70. The van der Waals surface area contributed by atoms with Gasteiger partial charge in [0.15, 0.2) is 0 Å². The Hall–Kier alpha value is -0.180. The summed E-state index contributed by atoms with van der Waals surface area (Å²) in [6.45, 7) is 2.00. The molecule has 0 aromatic carbocycles. The van der Waals surface area contributed by atoms with Gasteiger partial charge in [-0.25, -0.2) is 0 Å². The molecule has 2 heterocycles. The molecule has 74 valence electrons. The predicted molar refractivity (Wildman–Crippen MR) is 55.9 cm³/mol. The smallest absolute Gasteiger partial charge is 0.238 e. The molecule has 0 N–H and O–H groups in total. The molecule has 0 unspecified atom stereocenters. The van der Waals surface area contributed by atoms with E-state index in [9.17, 15) is 4.79 Å². The van der Waals surface area contributed by atoms with Crippen LogP contribution in [0.25, 0.3) is 0 Å². The summed E-state index contributed by atoms with van der Waals surface area (Å²) in [5, 5.41) is 0. The fourth-order valence-corrected chi connectivity index (χ4v) is 3.50. The van der Waals surface area contributed by atoms with E-state index in [2.05, 4.69) is 11.2 Å². The average Bonchev–Trinajstić information content (AvgIpc) is 2.26. The Balaban J connectivity index is 2.25. The van der Waals surface area contributed by atoms with Crippen LogP contribution in [-0.4, -0.2) is 34.9 Å². The van der Waals surface area contributed by atoms with E-state index in [0.717, 1.165) is 25.9 Å². The predicted octanol–water partition coefficient (Wildman–Crippen LogP) is 1.89. The maximum absolute atomic E-state index is 12.1. The Labute approximate surface area is 84.1 Å². The summed E-state index contributed by atoms with van der Waals surface area (Å²) in [7, 11) is 0. The van der Waals surface area contributed by atoms with Gasteiger partial charge in [0.1, 0.15) is 0 Å². The van der Waals surface area contributed by atoms with Crippen LogP contribution in [0.15, 0.2) is 0 Å². The molecule has 3 heteroatoms. The Bertz CT molecular complexity index is 219. The topological polar surface area (TPSA) is 20.3 Å². The highest BCUT2D eigenvalue weighted by molar-refractivity contribution is 8.00. The molecule has 2 nitrogen and oxygen atoms in total. The molecule has 2 rings (SSSR count). The summed E-state index contributed by atoms with van der Waals surface area (Å²) < 4.78 is -0.0330. The van der Waals surface area contributed by atoms with Crippen LogP contribution in [0.5, 0.6) is 0 Å². The molecular weight excluding hydrogens is 182 g/mol. The molecule has 0 radical (unpaired) electrons. The van der Waals surface area contributed by atoms with Crippen molar-refractivity contribution >= 4 is 17.7 Å². The normalized spacial score (nSPS) is 34.5. The Morgan fingerprint density at radius 2 is 1.92 bits per heavy atom. The fourth-order valence-electron chi connectivity index (χ4n) is 2.50. The standard InChI is InChI=1S/C10H17NOS/c1-13-10-5-2-3-7-11(9(10)12)8-4-6-10/h2-8H2,1H3/t10-/m0/s1. The summed E-state index contributed by atoms with van der Waals surface area (Å²) in [6.07, 6.45) is 7.92. The molecule has 1 amide bonds. The van der Waals surface area contributed by atoms with Gasteiger partial charge in [-0.2, -0.15) is 0 Å². The van der Waals surface area contributed by atoms with Crippen LogP contribution in [0.2, 0.25) is 0 Å². The first-order valence-electron chi connectivity index (χ1n) is 5.13. The third kappa shape index (κ3) is 1.47. The van der Waals surface area contributed by atoms with Gasteiger partial charge in [-0.05, 0) is 38.4 Å². The molecule has 0 saturated carbocycles. The monoisotopic (exact) mass is 199 g/mol. The van der Waals surface area contributed by atoms with Crippen LogP contribution >= 0.6 is 11.8 Å². The zero-order chi connectivity index (χ0) is 9.31. The minimum absolute atomic E-state index is 0.0330. The number of carbonyl (C=O) groups excluding carboxylic acids is 1. The zero-order valence-electron chi connectivity index (χ0n) is 8.21. The van der Waals surface area contributed by atoms with Gasteiger partial charge in [-0.3, -0.25) is 4.79 Å².